The van der Waals surface area contributed by atoms with Crippen LogP contribution in [0.3, 0.4) is 0 Å². The highest BCUT2D eigenvalue weighted by molar-refractivity contribution is 6.34. The van der Waals surface area contributed by atoms with Gasteiger partial charge < -0.3 is 9.73 Å². The van der Waals surface area contributed by atoms with Crippen molar-refractivity contribution in [1.29, 1.82) is 0 Å². The second kappa shape index (κ2) is 5.88. The first-order chi connectivity index (χ1) is 10.1. The molecular weight excluding hydrogens is 284 g/mol. The highest BCUT2D eigenvalue weighted by Crippen LogP contribution is 2.31. The Kier molecular flexibility index (Phi) is 3.95. The van der Waals surface area contributed by atoms with Crippen molar-refractivity contribution in [2.45, 2.75) is 26.4 Å². The monoisotopic (exact) mass is 300 g/mol. The molecule has 0 unspecified atom stereocenters. The number of nitrogens with one attached hydrogen (secondary N) is 1. The van der Waals surface area contributed by atoms with E-state index in [9.17, 15) is 0 Å². The van der Waals surface area contributed by atoms with Crippen molar-refractivity contribution in [3.8, 4) is 11.3 Å². The molecule has 2 aromatic heterocycles. The minimum atomic E-state index is 0.443. The third-order valence-electron chi connectivity index (χ3n) is 3.29. The van der Waals surface area contributed by atoms with E-state index in [2.05, 4.69) is 30.2 Å². The molecule has 3 aromatic rings. The Balaban J connectivity index is 1.94. The van der Waals surface area contributed by atoms with Crippen LogP contribution in [0.1, 0.15) is 19.4 Å². The molecule has 0 saturated heterocycles. The normalized spacial score (nSPS) is 11.4. The van der Waals surface area contributed by atoms with Crippen LogP contribution in [0.2, 0.25) is 5.02 Å². The SMILES string of the molecule is CC(C)NCc1cncc(-c2cc3cccc(Cl)c3o2)c1. The number of halogens is 1. The van der Waals surface area contributed by atoms with Gasteiger partial charge in [0.25, 0.3) is 0 Å². The van der Waals surface area contributed by atoms with Gasteiger partial charge in [-0.05, 0) is 23.8 Å². The number of furan rings is 1. The lowest BCUT2D eigenvalue weighted by molar-refractivity contribution is 0.587. The fourth-order valence-electron chi connectivity index (χ4n) is 2.21. The van der Waals surface area contributed by atoms with Gasteiger partial charge in [-0.1, -0.05) is 37.6 Å². The highest BCUT2D eigenvalue weighted by atomic mass is 35.5. The molecule has 0 fully saturated rings. The van der Waals surface area contributed by atoms with Gasteiger partial charge in [-0.3, -0.25) is 4.98 Å². The molecule has 108 valence electrons. The Morgan fingerprint density at radius 1 is 1.24 bits per heavy atom. The van der Waals surface area contributed by atoms with Crippen molar-refractivity contribution in [2.24, 2.45) is 0 Å². The van der Waals surface area contributed by atoms with Gasteiger partial charge in [-0.2, -0.15) is 0 Å². The molecule has 0 spiro atoms. The van der Waals surface area contributed by atoms with E-state index >= 15 is 0 Å². The number of nitrogens with zero attached hydrogens (tertiary/aromatic N) is 1. The van der Waals surface area contributed by atoms with E-state index in [4.69, 9.17) is 16.0 Å². The van der Waals surface area contributed by atoms with Crippen molar-refractivity contribution in [3.05, 3.63) is 53.3 Å². The number of rotatable bonds is 4. The fraction of sp³-hybridized carbons (Fsp3) is 0.235. The quantitative estimate of drug-likeness (QED) is 0.762. The van der Waals surface area contributed by atoms with Crippen LogP contribution in [0.15, 0.2) is 47.1 Å². The summed E-state index contributed by atoms with van der Waals surface area (Å²) in [5.41, 5.74) is 2.82. The van der Waals surface area contributed by atoms with Crippen LogP contribution in [0.25, 0.3) is 22.3 Å². The predicted octanol–water partition coefficient (Wildman–Crippen LogP) is 4.65. The number of fused-ring (bicyclic) bond motifs is 1. The maximum Gasteiger partial charge on any atom is 0.153 e. The molecule has 4 heteroatoms. The van der Waals surface area contributed by atoms with Crippen LogP contribution in [-0.4, -0.2) is 11.0 Å². The zero-order valence-electron chi connectivity index (χ0n) is 12.1. The summed E-state index contributed by atoms with van der Waals surface area (Å²) < 4.78 is 5.87. The Morgan fingerprint density at radius 2 is 2.10 bits per heavy atom. The molecule has 3 nitrogen and oxygen atoms in total. The predicted molar refractivity (Wildman–Crippen MR) is 86.4 cm³/mol. The van der Waals surface area contributed by atoms with Gasteiger partial charge >= 0.3 is 0 Å². The number of aromatic nitrogens is 1. The molecule has 2 heterocycles. The lowest BCUT2D eigenvalue weighted by Crippen LogP contribution is -2.21. The van der Waals surface area contributed by atoms with E-state index in [0.717, 1.165) is 34.4 Å². The van der Waals surface area contributed by atoms with Crippen molar-refractivity contribution < 1.29 is 4.42 Å². The first kappa shape index (κ1) is 14.1. The number of benzene rings is 1. The van der Waals surface area contributed by atoms with Crippen molar-refractivity contribution >= 4 is 22.6 Å². The Labute approximate surface area is 128 Å². The molecule has 0 atom stereocenters. The van der Waals surface area contributed by atoms with Gasteiger partial charge in [-0.15, -0.1) is 0 Å². The third kappa shape index (κ3) is 3.09. The molecule has 0 saturated carbocycles. The van der Waals surface area contributed by atoms with Crippen LogP contribution in [0.5, 0.6) is 0 Å². The number of para-hydroxylation sites is 1. The van der Waals surface area contributed by atoms with Crippen LogP contribution >= 0.6 is 11.6 Å². The molecule has 0 bridgehead atoms. The number of pyridine rings is 1. The van der Waals surface area contributed by atoms with Crippen molar-refractivity contribution in [1.82, 2.24) is 10.3 Å². The summed E-state index contributed by atoms with van der Waals surface area (Å²) in [6.45, 7) is 5.04. The van der Waals surface area contributed by atoms with Crippen molar-refractivity contribution in [2.75, 3.05) is 0 Å². The Hall–Kier alpha value is -1.84. The highest BCUT2D eigenvalue weighted by Gasteiger charge is 2.09. The van der Waals surface area contributed by atoms with E-state index in [1.165, 1.54) is 0 Å². The standard InChI is InChI=1S/C17H17ClN2O/c1-11(2)20-9-12-6-14(10-19-8-12)16-7-13-4-3-5-15(18)17(13)21-16/h3-8,10-11,20H,9H2,1-2H3. The summed E-state index contributed by atoms with van der Waals surface area (Å²) in [6, 6.07) is 10.3. The van der Waals surface area contributed by atoms with Crippen LogP contribution in [0, 0.1) is 0 Å². The fourth-order valence-corrected chi connectivity index (χ4v) is 2.43. The van der Waals surface area contributed by atoms with Gasteiger partial charge in [0.2, 0.25) is 0 Å². The molecular formula is C17H17ClN2O. The first-order valence-corrected chi connectivity index (χ1v) is 7.37. The van der Waals surface area contributed by atoms with Crippen LogP contribution in [0.4, 0.5) is 0 Å². The second-order valence-corrected chi connectivity index (χ2v) is 5.79. The molecule has 1 aromatic carbocycles. The first-order valence-electron chi connectivity index (χ1n) is 6.99. The number of hydrogen-bond donors (Lipinski definition) is 1. The molecule has 0 aliphatic carbocycles. The molecule has 3 rings (SSSR count). The third-order valence-corrected chi connectivity index (χ3v) is 3.59. The number of hydrogen-bond acceptors (Lipinski definition) is 3. The van der Waals surface area contributed by atoms with Gasteiger partial charge in [0.05, 0.1) is 5.02 Å². The van der Waals surface area contributed by atoms with E-state index in [1.54, 1.807) is 0 Å². The molecule has 0 radical (unpaired) electrons. The van der Waals surface area contributed by atoms with E-state index in [1.807, 2.05) is 36.7 Å². The Bertz CT molecular complexity index is 764. The largest absolute Gasteiger partial charge is 0.454 e. The summed E-state index contributed by atoms with van der Waals surface area (Å²) in [4.78, 5) is 4.30. The summed E-state index contributed by atoms with van der Waals surface area (Å²) in [5, 5.41) is 5.02. The summed E-state index contributed by atoms with van der Waals surface area (Å²) >= 11 is 6.15. The van der Waals surface area contributed by atoms with E-state index in [-0.39, 0.29) is 0 Å². The summed E-state index contributed by atoms with van der Waals surface area (Å²) in [7, 11) is 0. The Morgan fingerprint density at radius 3 is 2.86 bits per heavy atom. The molecule has 0 aliphatic rings. The average molecular weight is 301 g/mol. The average Bonchev–Trinajstić information content (AvgIpc) is 2.91. The van der Waals surface area contributed by atoms with E-state index in [0.29, 0.717) is 11.1 Å². The lowest BCUT2D eigenvalue weighted by Gasteiger charge is -2.08. The van der Waals surface area contributed by atoms with Crippen LogP contribution in [-0.2, 0) is 6.54 Å². The van der Waals surface area contributed by atoms with Gasteiger partial charge in [-0.25, -0.2) is 0 Å². The lowest BCUT2D eigenvalue weighted by atomic mass is 10.1. The second-order valence-electron chi connectivity index (χ2n) is 5.39. The minimum Gasteiger partial charge on any atom is -0.454 e. The minimum absolute atomic E-state index is 0.443. The van der Waals surface area contributed by atoms with E-state index < -0.39 is 0 Å². The molecule has 21 heavy (non-hydrogen) atoms. The van der Waals surface area contributed by atoms with Crippen LogP contribution < -0.4 is 5.32 Å². The molecule has 0 aliphatic heterocycles. The van der Waals surface area contributed by atoms with Gasteiger partial charge in [0.15, 0.2) is 5.58 Å². The topological polar surface area (TPSA) is 38.1 Å². The maximum atomic E-state index is 6.15. The zero-order valence-corrected chi connectivity index (χ0v) is 12.8. The summed E-state index contributed by atoms with van der Waals surface area (Å²) in [6.07, 6.45) is 3.68. The van der Waals surface area contributed by atoms with Crippen molar-refractivity contribution in [3.63, 3.8) is 0 Å². The smallest absolute Gasteiger partial charge is 0.153 e. The maximum absolute atomic E-state index is 6.15. The zero-order chi connectivity index (χ0) is 14.8. The van der Waals surface area contributed by atoms with Gasteiger partial charge in [0, 0.05) is 35.9 Å². The summed E-state index contributed by atoms with van der Waals surface area (Å²) in [5.74, 6) is 0.789. The van der Waals surface area contributed by atoms with Gasteiger partial charge in [0.1, 0.15) is 5.76 Å². The molecule has 1 N–H and O–H groups in total. The molecule has 0 amide bonds.